The Morgan fingerprint density at radius 1 is 1.14 bits per heavy atom. The van der Waals surface area contributed by atoms with Gasteiger partial charge >= 0.3 is 0 Å². The van der Waals surface area contributed by atoms with E-state index >= 15 is 0 Å². The molecule has 7 heteroatoms. The number of hydrogen-bond acceptors (Lipinski definition) is 3. The quantitative estimate of drug-likeness (QED) is 0.921. The Kier molecular flexibility index (Phi) is 4.78. The van der Waals surface area contributed by atoms with E-state index in [0.717, 1.165) is 5.56 Å². The summed E-state index contributed by atoms with van der Waals surface area (Å²) in [6.07, 6.45) is 0. The SMILES string of the molecule is Cc1cc(OCc2ccc(Cl)cc2Cl)ccc1S(N)(=O)=O. The predicted octanol–water partition coefficient (Wildman–Crippen LogP) is 3.53. The van der Waals surface area contributed by atoms with E-state index in [1.165, 1.54) is 6.07 Å². The topological polar surface area (TPSA) is 69.4 Å². The van der Waals surface area contributed by atoms with E-state index in [0.29, 0.717) is 21.4 Å². The van der Waals surface area contributed by atoms with Crippen molar-refractivity contribution >= 4 is 33.2 Å². The Morgan fingerprint density at radius 2 is 1.86 bits per heavy atom. The van der Waals surface area contributed by atoms with Crippen LogP contribution in [-0.4, -0.2) is 8.42 Å². The molecule has 2 rings (SSSR count). The van der Waals surface area contributed by atoms with Gasteiger partial charge in [0, 0.05) is 15.6 Å². The van der Waals surface area contributed by atoms with Crippen LogP contribution in [-0.2, 0) is 16.6 Å². The summed E-state index contributed by atoms with van der Waals surface area (Å²) in [4.78, 5) is 0.0828. The molecule has 4 nitrogen and oxygen atoms in total. The van der Waals surface area contributed by atoms with Gasteiger partial charge in [-0.3, -0.25) is 0 Å². The van der Waals surface area contributed by atoms with Crippen molar-refractivity contribution in [1.82, 2.24) is 0 Å². The molecule has 112 valence electrons. The third-order valence-corrected chi connectivity index (χ3v) is 4.52. The van der Waals surface area contributed by atoms with E-state index < -0.39 is 10.0 Å². The first-order valence-electron chi connectivity index (χ1n) is 5.97. The minimum Gasteiger partial charge on any atom is -0.489 e. The molecule has 0 atom stereocenters. The van der Waals surface area contributed by atoms with Crippen molar-refractivity contribution in [1.29, 1.82) is 0 Å². The van der Waals surface area contributed by atoms with Gasteiger partial charge in [0.2, 0.25) is 10.0 Å². The number of aryl methyl sites for hydroxylation is 1. The van der Waals surface area contributed by atoms with E-state index in [4.69, 9.17) is 33.1 Å². The summed E-state index contributed by atoms with van der Waals surface area (Å²) in [5.74, 6) is 0.533. The fourth-order valence-electron chi connectivity index (χ4n) is 1.83. The zero-order chi connectivity index (χ0) is 15.6. The number of rotatable bonds is 4. The van der Waals surface area contributed by atoms with Crippen molar-refractivity contribution in [3.63, 3.8) is 0 Å². The maximum absolute atomic E-state index is 11.3. The summed E-state index contributed by atoms with van der Waals surface area (Å²) in [5.41, 5.74) is 1.31. The molecular formula is C14H13Cl2NO3S. The Balaban J connectivity index is 2.16. The summed E-state index contributed by atoms with van der Waals surface area (Å²) >= 11 is 11.9. The van der Waals surface area contributed by atoms with Crippen molar-refractivity contribution < 1.29 is 13.2 Å². The summed E-state index contributed by atoms with van der Waals surface area (Å²) < 4.78 is 28.3. The standard InChI is InChI=1S/C14H13Cl2NO3S/c1-9-6-12(4-5-14(9)21(17,18)19)20-8-10-2-3-11(15)7-13(10)16/h2-7H,8H2,1H3,(H2,17,18,19). The molecule has 2 aromatic carbocycles. The minimum absolute atomic E-state index is 0.0828. The first-order chi connectivity index (χ1) is 9.77. The first kappa shape index (κ1) is 16.1. The molecule has 0 heterocycles. The molecule has 2 N–H and O–H groups in total. The van der Waals surface area contributed by atoms with Crippen molar-refractivity contribution in [3.05, 3.63) is 57.6 Å². The Labute approximate surface area is 133 Å². The highest BCUT2D eigenvalue weighted by molar-refractivity contribution is 7.89. The van der Waals surface area contributed by atoms with Crippen molar-refractivity contribution in [2.45, 2.75) is 18.4 Å². The Hall–Kier alpha value is -1.27. The molecule has 0 spiro atoms. The zero-order valence-electron chi connectivity index (χ0n) is 11.1. The lowest BCUT2D eigenvalue weighted by Gasteiger charge is -2.10. The molecule has 0 aliphatic carbocycles. The highest BCUT2D eigenvalue weighted by atomic mass is 35.5. The van der Waals surface area contributed by atoms with Crippen molar-refractivity contribution in [2.24, 2.45) is 5.14 Å². The van der Waals surface area contributed by atoms with Gasteiger partial charge in [0.05, 0.1) is 4.90 Å². The fourth-order valence-corrected chi connectivity index (χ4v) is 3.06. The van der Waals surface area contributed by atoms with Crippen LogP contribution in [0.5, 0.6) is 5.75 Å². The number of ether oxygens (including phenoxy) is 1. The average Bonchev–Trinajstić information content (AvgIpc) is 2.36. The second-order valence-electron chi connectivity index (χ2n) is 4.50. The van der Waals surface area contributed by atoms with Crippen LogP contribution < -0.4 is 9.88 Å². The summed E-state index contributed by atoms with van der Waals surface area (Å²) in [5, 5.41) is 6.18. The van der Waals surface area contributed by atoms with Crippen molar-refractivity contribution in [2.75, 3.05) is 0 Å². The average molecular weight is 346 g/mol. The summed E-state index contributed by atoms with van der Waals surface area (Å²) in [6.45, 7) is 1.91. The van der Waals surface area contributed by atoms with E-state index in [1.54, 1.807) is 37.3 Å². The Bertz CT molecular complexity index is 776. The summed E-state index contributed by atoms with van der Waals surface area (Å²) in [6, 6.07) is 9.72. The van der Waals surface area contributed by atoms with Gasteiger partial charge in [-0.2, -0.15) is 0 Å². The number of nitrogens with two attached hydrogens (primary N) is 1. The van der Waals surface area contributed by atoms with Crippen LogP contribution in [0.1, 0.15) is 11.1 Å². The minimum atomic E-state index is -3.72. The molecule has 0 unspecified atom stereocenters. The molecule has 0 fully saturated rings. The highest BCUT2D eigenvalue weighted by Crippen LogP contribution is 2.24. The van der Waals surface area contributed by atoms with Crippen LogP contribution in [0.15, 0.2) is 41.3 Å². The molecular weight excluding hydrogens is 333 g/mol. The van der Waals surface area contributed by atoms with Crippen LogP contribution in [0.25, 0.3) is 0 Å². The number of hydrogen-bond donors (Lipinski definition) is 1. The monoisotopic (exact) mass is 345 g/mol. The van der Waals surface area contributed by atoms with Crippen LogP contribution in [0.3, 0.4) is 0 Å². The van der Waals surface area contributed by atoms with Crippen LogP contribution in [0.4, 0.5) is 0 Å². The molecule has 0 amide bonds. The van der Waals surface area contributed by atoms with Gasteiger partial charge in [0.1, 0.15) is 12.4 Å². The largest absolute Gasteiger partial charge is 0.489 e. The lowest BCUT2D eigenvalue weighted by Crippen LogP contribution is -2.13. The molecule has 0 saturated heterocycles. The molecule has 0 radical (unpaired) electrons. The van der Waals surface area contributed by atoms with Crippen LogP contribution in [0.2, 0.25) is 10.0 Å². The number of primary sulfonamides is 1. The van der Waals surface area contributed by atoms with Gasteiger partial charge in [-0.15, -0.1) is 0 Å². The Morgan fingerprint density at radius 3 is 2.43 bits per heavy atom. The molecule has 0 aromatic heterocycles. The maximum Gasteiger partial charge on any atom is 0.238 e. The third-order valence-electron chi connectivity index (χ3n) is 2.86. The normalized spacial score (nSPS) is 11.4. The molecule has 0 aliphatic rings. The molecule has 0 bridgehead atoms. The van der Waals surface area contributed by atoms with Gasteiger partial charge < -0.3 is 4.74 Å². The second kappa shape index (κ2) is 6.23. The van der Waals surface area contributed by atoms with Gasteiger partial charge in [0.25, 0.3) is 0 Å². The third kappa shape index (κ3) is 4.11. The van der Waals surface area contributed by atoms with E-state index in [2.05, 4.69) is 0 Å². The van der Waals surface area contributed by atoms with Crippen LogP contribution >= 0.6 is 23.2 Å². The highest BCUT2D eigenvalue weighted by Gasteiger charge is 2.12. The smallest absolute Gasteiger partial charge is 0.238 e. The van der Waals surface area contributed by atoms with E-state index in [1.807, 2.05) is 0 Å². The molecule has 0 saturated carbocycles. The molecule has 21 heavy (non-hydrogen) atoms. The lowest BCUT2D eigenvalue weighted by molar-refractivity contribution is 0.306. The predicted molar refractivity (Wildman–Crippen MR) is 83.3 cm³/mol. The summed E-state index contributed by atoms with van der Waals surface area (Å²) in [7, 11) is -3.72. The zero-order valence-corrected chi connectivity index (χ0v) is 13.5. The van der Waals surface area contributed by atoms with E-state index in [-0.39, 0.29) is 11.5 Å². The van der Waals surface area contributed by atoms with Gasteiger partial charge in [-0.25, -0.2) is 13.6 Å². The number of benzene rings is 2. The number of sulfonamides is 1. The second-order valence-corrected chi connectivity index (χ2v) is 6.87. The maximum atomic E-state index is 11.3. The van der Waals surface area contributed by atoms with Crippen molar-refractivity contribution in [3.8, 4) is 5.75 Å². The molecule has 2 aromatic rings. The number of halogens is 2. The van der Waals surface area contributed by atoms with Crippen LogP contribution in [0, 0.1) is 6.92 Å². The van der Waals surface area contributed by atoms with Gasteiger partial charge in [-0.05, 0) is 42.8 Å². The van der Waals surface area contributed by atoms with Gasteiger partial charge in [0.15, 0.2) is 0 Å². The van der Waals surface area contributed by atoms with Gasteiger partial charge in [-0.1, -0.05) is 29.3 Å². The first-order valence-corrected chi connectivity index (χ1v) is 8.28. The van der Waals surface area contributed by atoms with E-state index in [9.17, 15) is 8.42 Å². The fraction of sp³-hybridized carbons (Fsp3) is 0.143. The lowest BCUT2D eigenvalue weighted by atomic mass is 10.2. The molecule has 0 aliphatic heterocycles.